The van der Waals surface area contributed by atoms with Crippen LogP contribution in [0.25, 0.3) is 0 Å². The van der Waals surface area contributed by atoms with Gasteiger partial charge in [-0.15, -0.1) is 0 Å². The minimum absolute atomic E-state index is 0.342. The maximum atomic E-state index is 12.3. The van der Waals surface area contributed by atoms with Crippen LogP contribution in [0.3, 0.4) is 0 Å². The van der Waals surface area contributed by atoms with Gasteiger partial charge in [0.25, 0.3) is 0 Å². The summed E-state index contributed by atoms with van der Waals surface area (Å²) in [5, 5.41) is -0.409. The van der Waals surface area contributed by atoms with Gasteiger partial charge in [0.1, 0.15) is 0 Å². The molecule has 0 saturated heterocycles. The Bertz CT molecular complexity index is 291. The van der Waals surface area contributed by atoms with E-state index in [0.29, 0.717) is 5.56 Å². The fourth-order valence-corrected chi connectivity index (χ4v) is 1.92. The predicted molar refractivity (Wildman–Crippen MR) is 44.6 cm³/mol. The number of hydrogen-bond acceptors (Lipinski definition) is 0. The molecule has 0 spiro atoms. The van der Waals surface area contributed by atoms with Crippen LogP contribution in [0.4, 0.5) is 12.3 Å². The van der Waals surface area contributed by atoms with Gasteiger partial charge in [0.05, 0.1) is 0 Å². The normalized spacial score (nSPS) is 11.8. The Balaban J connectivity index is 3.19. The van der Waals surface area contributed by atoms with Crippen molar-refractivity contribution in [2.24, 2.45) is 0 Å². The maximum absolute atomic E-state index is 12.3. The molecule has 4 heteroatoms. The first-order valence-corrected chi connectivity index (χ1v) is 5.19. The van der Waals surface area contributed by atoms with E-state index in [2.05, 4.69) is 0 Å². The summed E-state index contributed by atoms with van der Waals surface area (Å²) in [6, 6.07) is 4.25. The summed E-state index contributed by atoms with van der Waals surface area (Å²) in [6.45, 7) is 3.29. The van der Waals surface area contributed by atoms with E-state index < -0.39 is 14.3 Å². The zero-order valence-corrected chi connectivity index (χ0v) is 7.87. The SMILES string of the molecule is Cc1ccc([Si](F)(F)F)c(C)c1. The number of halogens is 3. The van der Waals surface area contributed by atoms with Crippen LogP contribution in [-0.4, -0.2) is 9.08 Å². The fourth-order valence-electron chi connectivity index (χ4n) is 1.13. The summed E-state index contributed by atoms with van der Waals surface area (Å²) in [4.78, 5) is 0. The van der Waals surface area contributed by atoms with E-state index in [4.69, 9.17) is 0 Å². The maximum Gasteiger partial charge on any atom is 0.653 e. The Kier molecular flexibility index (Phi) is 2.28. The molecule has 0 heterocycles. The second-order valence-electron chi connectivity index (χ2n) is 2.82. The van der Waals surface area contributed by atoms with Crippen molar-refractivity contribution < 1.29 is 12.3 Å². The van der Waals surface area contributed by atoms with Crippen LogP contribution in [0.5, 0.6) is 0 Å². The van der Waals surface area contributed by atoms with E-state index in [1.54, 1.807) is 13.0 Å². The Hall–Kier alpha value is -0.773. The van der Waals surface area contributed by atoms with Gasteiger partial charge < -0.3 is 0 Å². The lowest BCUT2D eigenvalue weighted by molar-refractivity contribution is 0.500. The zero-order chi connectivity index (χ0) is 9.35. The fraction of sp³-hybridized carbons (Fsp3) is 0.250. The molecular weight excluding hydrogens is 181 g/mol. The predicted octanol–water partition coefficient (Wildman–Crippen LogP) is 2.36. The standard InChI is InChI=1S/C8H9F3Si/c1-6-3-4-8(7(2)5-6)12(9,10)11/h3-5H,1-2H3. The van der Waals surface area contributed by atoms with Gasteiger partial charge in [-0.2, -0.15) is 0 Å². The van der Waals surface area contributed by atoms with Gasteiger partial charge in [-0.25, -0.2) is 12.3 Å². The van der Waals surface area contributed by atoms with Crippen LogP contribution in [-0.2, 0) is 0 Å². The highest BCUT2D eigenvalue weighted by Crippen LogP contribution is 2.12. The number of benzene rings is 1. The highest BCUT2D eigenvalue weighted by atomic mass is 28.5. The quantitative estimate of drug-likeness (QED) is 0.471. The highest BCUT2D eigenvalue weighted by molar-refractivity contribution is 6.74. The monoisotopic (exact) mass is 190 g/mol. The van der Waals surface area contributed by atoms with Gasteiger partial charge in [-0.3, -0.25) is 0 Å². The Morgan fingerprint density at radius 2 is 1.67 bits per heavy atom. The summed E-state index contributed by atoms with van der Waals surface area (Å²) in [7, 11) is -5.60. The molecule has 0 radical (unpaired) electrons. The second-order valence-corrected chi connectivity index (χ2v) is 4.35. The average molecular weight is 190 g/mol. The van der Waals surface area contributed by atoms with Crippen LogP contribution < -0.4 is 5.19 Å². The van der Waals surface area contributed by atoms with E-state index in [1.165, 1.54) is 19.1 Å². The van der Waals surface area contributed by atoms with Crippen molar-refractivity contribution in [3.63, 3.8) is 0 Å². The molecule has 1 aromatic carbocycles. The molecule has 0 atom stereocenters. The molecule has 0 N–H and O–H groups in total. The van der Waals surface area contributed by atoms with Gasteiger partial charge in [0, 0.05) is 5.19 Å². The molecule has 0 amide bonds. The van der Waals surface area contributed by atoms with E-state index >= 15 is 0 Å². The summed E-state index contributed by atoms with van der Waals surface area (Å²) in [5.74, 6) is 0. The van der Waals surface area contributed by atoms with Crippen LogP contribution in [0, 0.1) is 13.8 Å². The first-order valence-electron chi connectivity index (χ1n) is 3.55. The Morgan fingerprint density at radius 1 is 1.08 bits per heavy atom. The smallest absolute Gasteiger partial charge is 0.234 e. The van der Waals surface area contributed by atoms with Crippen molar-refractivity contribution in [1.82, 2.24) is 0 Å². The summed E-state index contributed by atoms with van der Waals surface area (Å²) >= 11 is 0. The van der Waals surface area contributed by atoms with E-state index in [-0.39, 0.29) is 0 Å². The first kappa shape index (κ1) is 9.32. The number of hydrogen-bond donors (Lipinski definition) is 0. The van der Waals surface area contributed by atoms with Crippen molar-refractivity contribution >= 4 is 14.3 Å². The molecule has 0 aliphatic carbocycles. The van der Waals surface area contributed by atoms with Crippen LogP contribution in [0.15, 0.2) is 18.2 Å². The summed E-state index contributed by atoms with van der Waals surface area (Å²) in [5.41, 5.74) is 1.21. The largest absolute Gasteiger partial charge is 0.653 e. The molecule has 0 bridgehead atoms. The highest BCUT2D eigenvalue weighted by Gasteiger charge is 2.40. The molecule has 1 rings (SSSR count). The van der Waals surface area contributed by atoms with Crippen molar-refractivity contribution in [2.45, 2.75) is 13.8 Å². The first-order chi connectivity index (χ1) is 5.41. The second kappa shape index (κ2) is 2.93. The molecule has 0 fully saturated rings. The molecule has 0 aliphatic rings. The van der Waals surface area contributed by atoms with Crippen molar-refractivity contribution in [3.8, 4) is 0 Å². The van der Waals surface area contributed by atoms with Crippen LogP contribution in [0.2, 0.25) is 0 Å². The molecule has 0 saturated carbocycles. The third-order valence-electron chi connectivity index (χ3n) is 1.69. The van der Waals surface area contributed by atoms with Gasteiger partial charge in [0.2, 0.25) is 0 Å². The molecular formula is C8H9F3Si. The van der Waals surface area contributed by atoms with Crippen molar-refractivity contribution in [3.05, 3.63) is 29.3 Å². The lowest BCUT2D eigenvalue weighted by Gasteiger charge is -2.06. The lowest BCUT2D eigenvalue weighted by atomic mass is 10.2. The van der Waals surface area contributed by atoms with Crippen molar-refractivity contribution in [2.75, 3.05) is 0 Å². The summed E-state index contributed by atoms with van der Waals surface area (Å²) in [6.07, 6.45) is 0. The van der Waals surface area contributed by atoms with Gasteiger partial charge >= 0.3 is 9.08 Å². The third-order valence-corrected chi connectivity index (χ3v) is 2.86. The molecule has 12 heavy (non-hydrogen) atoms. The zero-order valence-electron chi connectivity index (χ0n) is 6.87. The van der Waals surface area contributed by atoms with Gasteiger partial charge in [-0.05, 0) is 19.4 Å². The lowest BCUT2D eigenvalue weighted by Crippen LogP contribution is -2.35. The Morgan fingerprint density at radius 3 is 2.08 bits per heavy atom. The van der Waals surface area contributed by atoms with Crippen molar-refractivity contribution in [1.29, 1.82) is 0 Å². The number of rotatable bonds is 1. The van der Waals surface area contributed by atoms with Crippen LogP contribution >= 0.6 is 0 Å². The molecule has 1 aromatic rings. The van der Waals surface area contributed by atoms with Gasteiger partial charge in [-0.1, -0.05) is 23.8 Å². The summed E-state index contributed by atoms with van der Waals surface area (Å²) < 4.78 is 37.0. The molecule has 0 unspecified atom stereocenters. The van der Waals surface area contributed by atoms with Gasteiger partial charge in [0.15, 0.2) is 0 Å². The number of aryl methyl sites for hydroxylation is 2. The topological polar surface area (TPSA) is 0 Å². The molecule has 0 aromatic heterocycles. The minimum atomic E-state index is -5.60. The van der Waals surface area contributed by atoms with E-state index in [1.807, 2.05) is 0 Å². The molecule has 0 nitrogen and oxygen atoms in total. The minimum Gasteiger partial charge on any atom is -0.234 e. The van der Waals surface area contributed by atoms with E-state index in [9.17, 15) is 12.3 Å². The van der Waals surface area contributed by atoms with E-state index in [0.717, 1.165) is 5.56 Å². The molecule has 66 valence electrons. The van der Waals surface area contributed by atoms with Crippen LogP contribution in [0.1, 0.15) is 11.1 Å². The average Bonchev–Trinajstić information content (AvgIpc) is 1.83. The molecule has 0 aliphatic heterocycles. The Labute approximate surface area is 70.6 Å². The third kappa shape index (κ3) is 1.88.